The van der Waals surface area contributed by atoms with Crippen LogP contribution in [0, 0.1) is 0 Å². The highest BCUT2D eigenvalue weighted by atomic mass is 79.9. The van der Waals surface area contributed by atoms with Gasteiger partial charge in [-0.25, -0.2) is 0 Å². The Bertz CT molecular complexity index is 459. The molecule has 0 saturated carbocycles. The molecule has 0 fully saturated rings. The highest BCUT2D eigenvalue weighted by Crippen LogP contribution is 2.14. The average Bonchev–Trinajstić information content (AvgIpc) is 2.69. The van der Waals surface area contributed by atoms with Crippen molar-refractivity contribution in [3.8, 4) is 0 Å². The third kappa shape index (κ3) is 15.1. The molecule has 0 amide bonds. The van der Waals surface area contributed by atoms with Crippen LogP contribution in [0.5, 0.6) is 0 Å². The second-order valence-electron chi connectivity index (χ2n) is 7.56. The summed E-state index contributed by atoms with van der Waals surface area (Å²) < 4.78 is 6.77. The molecule has 0 radical (unpaired) electrons. The van der Waals surface area contributed by atoms with E-state index in [1.54, 1.807) is 7.05 Å². The van der Waals surface area contributed by atoms with Gasteiger partial charge in [-0.05, 0) is 29.3 Å². The van der Waals surface area contributed by atoms with Crippen molar-refractivity contribution in [3.63, 3.8) is 0 Å². The molecule has 0 heterocycles. The van der Waals surface area contributed by atoms with E-state index in [1.807, 2.05) is 32.0 Å². The minimum atomic E-state index is 0.607. The quantitative estimate of drug-likeness (QED) is 0.146. The Morgan fingerprint density at radius 1 is 0.857 bits per heavy atom. The molecule has 0 aliphatic carbocycles. The number of rotatable bonds is 15. The molecule has 0 aliphatic rings. The lowest BCUT2D eigenvalue weighted by atomic mass is 10.0. The van der Waals surface area contributed by atoms with Crippen molar-refractivity contribution in [2.75, 3.05) is 27.7 Å². The van der Waals surface area contributed by atoms with Gasteiger partial charge < -0.3 is 9.64 Å². The maximum Gasteiger partial charge on any atom is 0.230 e. The minimum absolute atomic E-state index is 0.607. The lowest BCUT2D eigenvalue weighted by Gasteiger charge is -2.13. The van der Waals surface area contributed by atoms with E-state index in [4.69, 9.17) is 4.74 Å². The Morgan fingerprint density at radius 2 is 1.32 bits per heavy atom. The van der Waals surface area contributed by atoms with E-state index in [1.165, 1.54) is 77.0 Å². The number of ether oxygens (including phenoxy) is 1. The molecule has 28 heavy (non-hydrogen) atoms. The summed E-state index contributed by atoms with van der Waals surface area (Å²) in [6.07, 6.45) is 19.6. The van der Waals surface area contributed by atoms with Gasteiger partial charge in [0, 0.05) is 21.1 Å². The minimum Gasteiger partial charge on any atom is -0.477 e. The molecule has 0 unspecified atom stereocenters. The smallest absolute Gasteiger partial charge is 0.230 e. The summed E-state index contributed by atoms with van der Waals surface area (Å²) in [5.74, 6) is 1.26. The second-order valence-corrected chi connectivity index (χ2v) is 8.42. The Balaban J connectivity index is 3.80. The number of halogens is 1. The van der Waals surface area contributed by atoms with Crippen LogP contribution in [0.3, 0.4) is 0 Å². The molecule has 0 atom stereocenters. The molecule has 0 N–H and O–H groups in total. The zero-order valence-electron chi connectivity index (χ0n) is 19.1. The van der Waals surface area contributed by atoms with E-state index in [2.05, 4.69) is 32.8 Å². The van der Waals surface area contributed by atoms with E-state index < -0.39 is 0 Å². The number of nitrogens with zero attached hydrogens (tertiary/aromatic N) is 3. The number of aliphatic imine (C=N–C) groups is 2. The summed E-state index contributed by atoms with van der Waals surface area (Å²) in [6.45, 7) is 4.94. The average molecular weight is 459 g/mol. The molecule has 5 heteroatoms. The number of unbranched alkanes of at least 4 members (excludes halogenated alkanes) is 12. The summed E-state index contributed by atoms with van der Waals surface area (Å²) in [7, 11) is 5.60. The predicted molar refractivity (Wildman–Crippen MR) is 129 cm³/mol. The number of hydrogen-bond donors (Lipinski definition) is 0. The fraction of sp³-hybridized carbons (Fsp3) is 0.826. The van der Waals surface area contributed by atoms with Crippen LogP contribution in [-0.2, 0) is 4.74 Å². The second kappa shape index (κ2) is 19.5. The van der Waals surface area contributed by atoms with E-state index in [-0.39, 0.29) is 0 Å². The summed E-state index contributed by atoms with van der Waals surface area (Å²) >= 11 is 3.52. The molecule has 0 aromatic carbocycles. The Labute approximate surface area is 183 Å². The molecule has 0 rings (SSSR count). The van der Waals surface area contributed by atoms with Gasteiger partial charge in [-0.1, -0.05) is 90.0 Å². The van der Waals surface area contributed by atoms with E-state index in [0.29, 0.717) is 18.5 Å². The largest absolute Gasteiger partial charge is 0.477 e. The zero-order chi connectivity index (χ0) is 21.0. The number of hydrogen-bond acceptors (Lipinski definition) is 2. The van der Waals surface area contributed by atoms with Crippen molar-refractivity contribution >= 4 is 27.8 Å². The van der Waals surface area contributed by atoms with Gasteiger partial charge in [0.1, 0.15) is 0 Å². The van der Waals surface area contributed by atoms with Crippen molar-refractivity contribution in [1.29, 1.82) is 0 Å². The van der Waals surface area contributed by atoms with Gasteiger partial charge >= 0.3 is 0 Å². The molecule has 0 bridgehead atoms. The Hall–Kier alpha value is -0.840. The van der Waals surface area contributed by atoms with Gasteiger partial charge in [-0.15, -0.1) is 0 Å². The van der Waals surface area contributed by atoms with Crippen molar-refractivity contribution in [2.45, 2.75) is 97.3 Å². The number of allylic oxidation sites excluding steroid dienone is 1. The van der Waals surface area contributed by atoms with Crippen LogP contribution < -0.4 is 0 Å². The van der Waals surface area contributed by atoms with E-state index in [9.17, 15) is 0 Å². The first-order valence-corrected chi connectivity index (χ1v) is 12.0. The van der Waals surface area contributed by atoms with Gasteiger partial charge in [0.2, 0.25) is 11.9 Å². The maximum absolute atomic E-state index is 5.90. The molecule has 0 aliphatic heterocycles. The third-order valence-corrected chi connectivity index (χ3v) is 5.54. The molecular weight excluding hydrogens is 414 g/mol. The Kier molecular flexibility index (Phi) is 18.9. The zero-order valence-corrected chi connectivity index (χ0v) is 20.7. The molecule has 0 aromatic rings. The monoisotopic (exact) mass is 457 g/mol. The number of guanidine groups is 1. The van der Waals surface area contributed by atoms with Crippen LogP contribution >= 0.6 is 15.9 Å². The van der Waals surface area contributed by atoms with Gasteiger partial charge in [-0.3, -0.25) is 4.99 Å². The summed E-state index contributed by atoms with van der Waals surface area (Å²) in [4.78, 5) is 10.6. The van der Waals surface area contributed by atoms with E-state index in [0.717, 1.165) is 10.9 Å². The van der Waals surface area contributed by atoms with Crippen LogP contribution in [0.1, 0.15) is 97.3 Å². The molecule has 0 spiro atoms. The van der Waals surface area contributed by atoms with Crippen molar-refractivity contribution in [2.24, 2.45) is 9.98 Å². The van der Waals surface area contributed by atoms with Gasteiger partial charge in [-0.2, -0.15) is 4.99 Å². The normalized spacial score (nSPS) is 13.1. The standard InChI is InChI=1S/C23H44BrN3O/c1-6-8-9-10-11-12-13-14-15-16-17-18-19-20-28-22(21(24)7-2)26-23(25-3)27(4)5/h7H,6,8-20H2,1-5H3/b21-7-,25-23?,26-22?. The predicted octanol–water partition coefficient (Wildman–Crippen LogP) is 7.34. The first-order valence-electron chi connectivity index (χ1n) is 11.2. The fourth-order valence-electron chi connectivity index (χ4n) is 3.01. The van der Waals surface area contributed by atoms with Crippen LogP contribution in [0.15, 0.2) is 20.5 Å². The summed E-state index contributed by atoms with van der Waals surface area (Å²) in [5.41, 5.74) is 0. The first kappa shape index (κ1) is 27.2. The lowest BCUT2D eigenvalue weighted by Crippen LogP contribution is -2.22. The van der Waals surface area contributed by atoms with Gasteiger partial charge in [0.25, 0.3) is 0 Å². The van der Waals surface area contributed by atoms with Crippen LogP contribution in [-0.4, -0.2) is 44.5 Å². The molecule has 0 aromatic heterocycles. The third-order valence-electron chi connectivity index (χ3n) is 4.75. The fourth-order valence-corrected chi connectivity index (χ4v) is 3.21. The van der Waals surface area contributed by atoms with E-state index >= 15 is 0 Å². The molecular formula is C23H44BrN3O. The maximum atomic E-state index is 5.90. The van der Waals surface area contributed by atoms with Crippen LogP contribution in [0.4, 0.5) is 0 Å². The van der Waals surface area contributed by atoms with Gasteiger partial charge in [0.15, 0.2) is 0 Å². The first-order chi connectivity index (χ1) is 13.6. The van der Waals surface area contributed by atoms with Crippen LogP contribution in [0.25, 0.3) is 0 Å². The topological polar surface area (TPSA) is 37.2 Å². The molecule has 0 saturated heterocycles. The summed E-state index contributed by atoms with van der Waals surface area (Å²) in [5, 5.41) is 0. The van der Waals surface area contributed by atoms with Gasteiger partial charge in [0.05, 0.1) is 11.1 Å². The van der Waals surface area contributed by atoms with Crippen molar-refractivity contribution < 1.29 is 4.74 Å². The van der Waals surface area contributed by atoms with Crippen LogP contribution in [0.2, 0.25) is 0 Å². The SMILES string of the molecule is C/C=C(\Br)C(=NC(=NC)N(C)C)OCCCCCCCCCCCCCCC. The molecule has 164 valence electrons. The Morgan fingerprint density at radius 3 is 1.71 bits per heavy atom. The van der Waals surface area contributed by atoms with Crippen molar-refractivity contribution in [3.05, 3.63) is 10.6 Å². The highest BCUT2D eigenvalue weighted by molar-refractivity contribution is 9.12. The highest BCUT2D eigenvalue weighted by Gasteiger charge is 2.08. The lowest BCUT2D eigenvalue weighted by molar-refractivity contribution is 0.294. The summed E-state index contributed by atoms with van der Waals surface area (Å²) in [6, 6.07) is 0. The molecule has 4 nitrogen and oxygen atoms in total. The van der Waals surface area contributed by atoms with Crippen molar-refractivity contribution in [1.82, 2.24) is 4.90 Å².